The highest BCUT2D eigenvalue weighted by molar-refractivity contribution is 5.94. The summed E-state index contributed by atoms with van der Waals surface area (Å²) in [6.45, 7) is 7.90. The fourth-order valence-electron chi connectivity index (χ4n) is 8.76. The highest BCUT2D eigenvalue weighted by Crippen LogP contribution is 2.41. The lowest BCUT2D eigenvalue weighted by Crippen LogP contribution is -3.00. The van der Waals surface area contributed by atoms with E-state index in [2.05, 4.69) is 35.4 Å². The average Bonchev–Trinajstić information content (AvgIpc) is 3.40. The number of fused-ring (bicyclic) bond motifs is 1. The van der Waals surface area contributed by atoms with E-state index in [0.717, 1.165) is 39.1 Å². The number of amides is 4. The molecule has 1 aliphatic rings. The summed E-state index contributed by atoms with van der Waals surface area (Å²) in [5.41, 5.74) is 5.70. The maximum Gasteiger partial charge on any atom is 0.408 e. The predicted molar refractivity (Wildman–Crippen MR) is 292 cm³/mol. The van der Waals surface area contributed by atoms with Crippen LogP contribution in [0.3, 0.4) is 0 Å². The molecule has 1 aliphatic heterocycles. The molecule has 0 saturated carbocycles. The second kappa shape index (κ2) is 28.7. The lowest BCUT2D eigenvalue weighted by atomic mass is 9.95. The minimum absolute atomic E-state index is 0. The van der Waals surface area contributed by atoms with E-state index in [1.165, 1.54) is 0 Å². The minimum atomic E-state index is -1.35. The fourth-order valence-corrected chi connectivity index (χ4v) is 8.76. The van der Waals surface area contributed by atoms with Crippen molar-refractivity contribution >= 4 is 29.5 Å². The van der Waals surface area contributed by atoms with Gasteiger partial charge in [0.2, 0.25) is 17.7 Å². The van der Waals surface area contributed by atoms with E-state index in [4.69, 9.17) is 28.4 Å². The van der Waals surface area contributed by atoms with Crippen molar-refractivity contribution in [2.75, 3.05) is 33.9 Å². The number of hydrogen-bond acceptors (Lipinski definition) is 10. The maximum absolute atomic E-state index is 14.7. The molecule has 0 aromatic heterocycles. The summed E-state index contributed by atoms with van der Waals surface area (Å²) in [6.07, 6.45) is -1.29. The molecule has 7 rings (SSSR count). The van der Waals surface area contributed by atoms with E-state index in [1.807, 2.05) is 164 Å². The maximum atomic E-state index is 14.7. The minimum Gasteiger partial charge on any atom is -1.00 e. The van der Waals surface area contributed by atoms with Crippen LogP contribution in [0.25, 0.3) is 0 Å². The second-order valence-corrected chi connectivity index (χ2v) is 20.5. The van der Waals surface area contributed by atoms with Crippen molar-refractivity contribution in [3.8, 4) is 11.5 Å². The van der Waals surface area contributed by atoms with Crippen molar-refractivity contribution in [1.29, 1.82) is 0 Å². The van der Waals surface area contributed by atoms with Crippen LogP contribution in [0.15, 0.2) is 164 Å². The number of likely N-dealkylation sites (N-methyl/N-ethyl adjacent to an activating group) is 1. The van der Waals surface area contributed by atoms with Crippen LogP contribution in [0.4, 0.5) is 10.5 Å². The van der Waals surface area contributed by atoms with Gasteiger partial charge in [0.25, 0.3) is 0 Å². The van der Waals surface area contributed by atoms with Gasteiger partial charge in [-0.25, -0.2) is 4.79 Å². The zero-order chi connectivity index (χ0) is 53.9. The van der Waals surface area contributed by atoms with Gasteiger partial charge in [0.1, 0.15) is 49.2 Å². The molecule has 6 aromatic carbocycles. The highest BCUT2D eigenvalue weighted by atomic mass is 35.5. The number of halogens is 1. The van der Waals surface area contributed by atoms with Crippen LogP contribution in [-0.4, -0.2) is 93.5 Å². The van der Waals surface area contributed by atoms with Gasteiger partial charge in [-0.1, -0.05) is 152 Å². The molecule has 408 valence electrons. The van der Waals surface area contributed by atoms with E-state index in [-0.39, 0.29) is 51.5 Å². The number of hydrogen-bond donors (Lipinski definition) is 4. The Morgan fingerprint density at radius 3 is 1.44 bits per heavy atom. The molecule has 0 aliphatic carbocycles. The van der Waals surface area contributed by atoms with Gasteiger partial charge in [0, 0.05) is 18.1 Å². The van der Waals surface area contributed by atoms with Gasteiger partial charge in [0.15, 0.2) is 11.5 Å². The Bertz CT molecular complexity index is 2790. The molecule has 0 radical (unpaired) electrons. The third kappa shape index (κ3) is 18.8. The van der Waals surface area contributed by atoms with Crippen LogP contribution in [-0.2, 0) is 72.8 Å². The van der Waals surface area contributed by atoms with E-state index < -0.39 is 53.6 Å². The molecule has 0 saturated heterocycles. The standard InChI is InChI=1S/C61H71N5O10.ClH/c1-43(73-38-46-26-16-9-17-27-46)56(65-60(70)76-61(2,3)4)59(69)64-52(42-72-37-45-24-14-8-15-25-45)58(68)63-51(41-71-36-44-22-12-7-13-23-44)57(67)62-50-32-49-33-54(74-39-47-28-18-10-19-29-47)55(34-53(49)66(5,6)35-50)75-40-48-30-20-11-21-31-48;/h7-31,33-34,43,50-52,56H,32,35-42H2,1-6H3,(H3-,62,63,64,65,67,68,69,70);1H/t43-,50+,51+,52-,56+;/m1./s1. The van der Waals surface area contributed by atoms with Crippen LogP contribution in [0.5, 0.6) is 11.5 Å². The fraction of sp³-hybridized carbons (Fsp3) is 0.344. The molecular formula is C61H72ClN5O10. The van der Waals surface area contributed by atoms with Crippen LogP contribution in [0, 0.1) is 0 Å². The lowest BCUT2D eigenvalue weighted by Gasteiger charge is -2.40. The zero-order valence-electron chi connectivity index (χ0n) is 44.7. The average molecular weight is 1070 g/mol. The Labute approximate surface area is 458 Å². The normalized spacial score (nSPS) is 15.2. The highest BCUT2D eigenvalue weighted by Gasteiger charge is 2.38. The number of carbonyl (C=O) groups is 4. The topological polar surface area (TPSA) is 172 Å². The summed E-state index contributed by atoms with van der Waals surface area (Å²) in [6, 6.07) is 47.9. The van der Waals surface area contributed by atoms with Gasteiger partial charge >= 0.3 is 6.09 Å². The molecule has 0 bridgehead atoms. The van der Waals surface area contributed by atoms with Gasteiger partial charge in [0.05, 0.1) is 59.3 Å². The van der Waals surface area contributed by atoms with Gasteiger partial charge < -0.3 is 62.1 Å². The van der Waals surface area contributed by atoms with Crippen LogP contribution < -0.4 is 47.6 Å². The van der Waals surface area contributed by atoms with Crippen LogP contribution >= 0.6 is 0 Å². The molecule has 77 heavy (non-hydrogen) atoms. The van der Waals surface area contributed by atoms with Crippen molar-refractivity contribution < 1.29 is 60.0 Å². The Morgan fingerprint density at radius 1 is 0.558 bits per heavy atom. The quantitative estimate of drug-likeness (QED) is 0.0548. The first-order valence-corrected chi connectivity index (χ1v) is 25.7. The Morgan fingerprint density at radius 2 is 0.974 bits per heavy atom. The summed E-state index contributed by atoms with van der Waals surface area (Å²) in [5.74, 6) is -0.750. The Hall–Kier alpha value is -7.27. The molecule has 4 N–H and O–H groups in total. The first kappa shape index (κ1) is 59.0. The summed E-state index contributed by atoms with van der Waals surface area (Å²) in [7, 11) is 4.15. The number of carbonyl (C=O) groups excluding carboxylic acids is 4. The first-order valence-electron chi connectivity index (χ1n) is 25.7. The van der Waals surface area contributed by atoms with E-state index in [0.29, 0.717) is 42.2 Å². The molecule has 0 spiro atoms. The summed E-state index contributed by atoms with van der Waals surface area (Å²) in [5, 5.41) is 11.6. The van der Waals surface area contributed by atoms with Crippen molar-refractivity contribution in [2.45, 2.75) is 103 Å². The molecular weight excluding hydrogens is 998 g/mol. The van der Waals surface area contributed by atoms with E-state index in [9.17, 15) is 19.2 Å². The van der Waals surface area contributed by atoms with E-state index >= 15 is 0 Å². The van der Waals surface area contributed by atoms with Crippen LogP contribution in [0.2, 0.25) is 0 Å². The van der Waals surface area contributed by atoms with Crippen molar-refractivity contribution in [3.05, 3.63) is 197 Å². The molecule has 6 aromatic rings. The van der Waals surface area contributed by atoms with Crippen molar-refractivity contribution in [2.24, 2.45) is 0 Å². The number of alkyl carbamates (subject to hydrolysis) is 1. The number of nitrogens with one attached hydrogen (secondary N) is 4. The lowest BCUT2D eigenvalue weighted by molar-refractivity contribution is -0.136. The molecule has 0 fully saturated rings. The molecule has 5 atom stereocenters. The summed E-state index contributed by atoms with van der Waals surface area (Å²) >= 11 is 0. The Balaban J connectivity index is 0.00000961. The molecule has 0 unspecified atom stereocenters. The first-order chi connectivity index (χ1) is 36.6. The number of quaternary nitrogens is 1. The predicted octanol–water partition coefficient (Wildman–Crippen LogP) is 5.36. The number of rotatable bonds is 25. The summed E-state index contributed by atoms with van der Waals surface area (Å²) < 4.78 is 37.2. The SMILES string of the molecule is C[C@@H](OCc1ccccc1)[C@H](NC(=O)OC(C)(C)C)C(=O)N[C@H](COCc1ccccc1)C(=O)N[C@@H](COCc1ccccc1)C(=O)N[C@H]1Cc2cc(OCc3ccccc3)c(OCc3ccccc3)cc2[N+](C)(C)C1.[Cl-]. The van der Waals surface area contributed by atoms with E-state index in [1.54, 1.807) is 27.7 Å². The molecule has 15 nitrogen and oxygen atoms in total. The largest absolute Gasteiger partial charge is 1.00 e. The number of benzene rings is 6. The van der Waals surface area contributed by atoms with Gasteiger partial charge in [-0.3, -0.25) is 18.9 Å². The monoisotopic (exact) mass is 1070 g/mol. The molecule has 4 amide bonds. The molecule has 16 heteroatoms. The number of nitrogens with zero attached hydrogens (tertiary/aromatic N) is 1. The third-order valence-electron chi connectivity index (χ3n) is 12.6. The Kier molecular flexibility index (Phi) is 22.0. The smallest absolute Gasteiger partial charge is 0.408 e. The number of ether oxygens (including phenoxy) is 6. The summed E-state index contributed by atoms with van der Waals surface area (Å²) in [4.78, 5) is 57.1. The second-order valence-electron chi connectivity index (χ2n) is 20.5. The van der Waals surface area contributed by atoms with Crippen LogP contribution in [0.1, 0.15) is 61.1 Å². The van der Waals surface area contributed by atoms with Crippen molar-refractivity contribution in [1.82, 2.24) is 25.8 Å². The molecule has 1 heterocycles. The van der Waals surface area contributed by atoms with Gasteiger partial charge in [-0.15, -0.1) is 0 Å². The zero-order valence-corrected chi connectivity index (χ0v) is 45.5. The third-order valence-corrected chi connectivity index (χ3v) is 12.6. The van der Waals surface area contributed by atoms with Gasteiger partial charge in [-0.2, -0.15) is 0 Å². The van der Waals surface area contributed by atoms with Crippen molar-refractivity contribution in [3.63, 3.8) is 0 Å². The van der Waals surface area contributed by atoms with Gasteiger partial charge in [-0.05, 0) is 61.6 Å².